The zero-order valence-corrected chi connectivity index (χ0v) is 14.0. The second-order valence-electron chi connectivity index (χ2n) is 4.28. The van der Waals surface area contributed by atoms with Crippen LogP contribution in [0, 0.1) is 5.92 Å². The summed E-state index contributed by atoms with van der Waals surface area (Å²) in [4.78, 5) is 0. The first kappa shape index (κ1) is 15.7. The zero-order valence-electron chi connectivity index (χ0n) is 10.8. The fraction of sp³-hybridized carbons (Fsp3) is 0.429. The number of benzene rings is 1. The second-order valence-corrected chi connectivity index (χ2v) is 5.99. The van der Waals surface area contributed by atoms with Crippen LogP contribution in [0.25, 0.3) is 6.08 Å². The third kappa shape index (κ3) is 4.11. The molecule has 0 saturated carbocycles. The first-order valence-electron chi connectivity index (χ1n) is 5.92. The molecule has 1 rings (SSSR count). The van der Waals surface area contributed by atoms with Crippen molar-refractivity contribution in [2.45, 2.75) is 20.8 Å². The van der Waals surface area contributed by atoms with Crippen molar-refractivity contribution in [3.05, 3.63) is 32.2 Å². The number of aliphatic hydroxyl groups is 1. The molecule has 0 aliphatic rings. The van der Waals surface area contributed by atoms with Crippen LogP contribution in [-0.2, 0) is 0 Å². The minimum absolute atomic E-state index is 0.0834. The minimum Gasteiger partial charge on any atom is -0.492 e. The van der Waals surface area contributed by atoms with E-state index in [2.05, 4.69) is 45.7 Å². The van der Waals surface area contributed by atoms with E-state index in [0.717, 1.165) is 25.8 Å². The summed E-state index contributed by atoms with van der Waals surface area (Å²) in [5.74, 6) is 1.14. The summed E-state index contributed by atoms with van der Waals surface area (Å²) in [6.45, 7) is 6.80. The van der Waals surface area contributed by atoms with Crippen LogP contribution in [0.4, 0.5) is 0 Å². The molecule has 1 aromatic rings. The smallest absolute Gasteiger partial charge is 0.147 e. The lowest BCUT2D eigenvalue weighted by atomic mass is 10.0. The number of halogens is 2. The number of hydrogen-bond donors (Lipinski definition) is 1. The molecular formula is C14H18Br2O2. The molecule has 0 bridgehead atoms. The predicted octanol–water partition coefficient (Wildman–Crippen LogP) is 4.64. The third-order valence-corrected chi connectivity index (χ3v) is 3.76. The molecule has 18 heavy (non-hydrogen) atoms. The van der Waals surface area contributed by atoms with Gasteiger partial charge >= 0.3 is 0 Å². The summed E-state index contributed by atoms with van der Waals surface area (Å²) in [6, 6.07) is 3.99. The third-order valence-electron chi connectivity index (χ3n) is 2.59. The normalized spacial score (nSPS) is 12.1. The molecule has 2 nitrogen and oxygen atoms in total. The average molecular weight is 378 g/mol. The van der Waals surface area contributed by atoms with Crippen LogP contribution in [0.1, 0.15) is 26.3 Å². The van der Waals surface area contributed by atoms with Gasteiger partial charge in [0.15, 0.2) is 0 Å². The van der Waals surface area contributed by atoms with Crippen LogP contribution in [0.5, 0.6) is 5.75 Å². The highest BCUT2D eigenvalue weighted by Crippen LogP contribution is 2.35. The number of ether oxygens (including phenoxy) is 1. The van der Waals surface area contributed by atoms with Gasteiger partial charge in [0.2, 0.25) is 0 Å². The molecule has 0 heterocycles. The largest absolute Gasteiger partial charge is 0.492 e. The molecule has 1 aromatic carbocycles. The van der Waals surface area contributed by atoms with Crippen molar-refractivity contribution in [2.24, 2.45) is 5.92 Å². The highest BCUT2D eigenvalue weighted by Gasteiger charge is 2.09. The molecule has 0 spiro atoms. The average Bonchev–Trinajstić information content (AvgIpc) is 2.30. The van der Waals surface area contributed by atoms with Gasteiger partial charge in [0.1, 0.15) is 5.75 Å². The maximum absolute atomic E-state index is 9.32. The van der Waals surface area contributed by atoms with E-state index < -0.39 is 0 Å². The summed E-state index contributed by atoms with van der Waals surface area (Å²) in [7, 11) is 0. The molecule has 0 unspecified atom stereocenters. The van der Waals surface area contributed by atoms with Crippen molar-refractivity contribution < 1.29 is 9.84 Å². The first-order valence-corrected chi connectivity index (χ1v) is 7.51. The Labute approximate surface area is 125 Å². The van der Waals surface area contributed by atoms with E-state index in [0.29, 0.717) is 12.5 Å². The maximum Gasteiger partial charge on any atom is 0.147 e. The molecule has 0 saturated heterocycles. The van der Waals surface area contributed by atoms with Gasteiger partial charge in [-0.3, -0.25) is 0 Å². The molecule has 1 N–H and O–H groups in total. The standard InChI is InChI=1S/C14H18Br2O2/c1-4-18-14-12(15)6-10(7-13(14)16)5-11(8-17)9(2)3/h5-7,9,17H,4,8H2,1-3H3. The Morgan fingerprint density at radius 1 is 1.33 bits per heavy atom. The molecule has 0 amide bonds. The van der Waals surface area contributed by atoms with Gasteiger partial charge in [0, 0.05) is 0 Å². The Morgan fingerprint density at radius 3 is 2.28 bits per heavy atom. The highest BCUT2D eigenvalue weighted by atomic mass is 79.9. The Balaban J connectivity index is 3.13. The summed E-state index contributed by atoms with van der Waals surface area (Å²) in [5, 5.41) is 9.32. The van der Waals surface area contributed by atoms with Crippen LogP contribution in [0.3, 0.4) is 0 Å². The van der Waals surface area contributed by atoms with Gasteiger partial charge in [-0.1, -0.05) is 19.9 Å². The lowest BCUT2D eigenvalue weighted by molar-refractivity contribution is 0.320. The lowest BCUT2D eigenvalue weighted by Crippen LogP contribution is -1.99. The van der Waals surface area contributed by atoms with E-state index in [-0.39, 0.29) is 6.61 Å². The van der Waals surface area contributed by atoms with Crippen molar-refractivity contribution in [3.63, 3.8) is 0 Å². The van der Waals surface area contributed by atoms with Crippen molar-refractivity contribution in [1.82, 2.24) is 0 Å². The second kappa shape index (κ2) is 7.31. The Bertz CT molecular complexity index is 416. The molecule has 4 heteroatoms. The molecule has 0 fully saturated rings. The van der Waals surface area contributed by atoms with Crippen molar-refractivity contribution in [1.29, 1.82) is 0 Å². The lowest BCUT2D eigenvalue weighted by Gasteiger charge is -2.11. The topological polar surface area (TPSA) is 29.5 Å². The quantitative estimate of drug-likeness (QED) is 0.809. The van der Waals surface area contributed by atoms with Crippen LogP contribution in [0.2, 0.25) is 0 Å². The van der Waals surface area contributed by atoms with Crippen molar-refractivity contribution >= 4 is 37.9 Å². The Morgan fingerprint density at radius 2 is 1.89 bits per heavy atom. The van der Waals surface area contributed by atoms with E-state index in [1.54, 1.807) is 0 Å². The zero-order chi connectivity index (χ0) is 13.7. The van der Waals surface area contributed by atoms with Gasteiger partial charge < -0.3 is 9.84 Å². The molecule has 0 aliphatic heterocycles. The summed E-state index contributed by atoms with van der Waals surface area (Å²) in [5.41, 5.74) is 2.05. The van der Waals surface area contributed by atoms with Crippen LogP contribution >= 0.6 is 31.9 Å². The molecule has 0 aromatic heterocycles. The fourth-order valence-electron chi connectivity index (χ4n) is 1.55. The molecular weight excluding hydrogens is 360 g/mol. The van der Waals surface area contributed by atoms with Gasteiger partial charge in [0.05, 0.1) is 22.2 Å². The van der Waals surface area contributed by atoms with Gasteiger partial charge in [-0.05, 0) is 68.0 Å². The Hall–Kier alpha value is -0.320. The van der Waals surface area contributed by atoms with Crippen LogP contribution < -0.4 is 4.74 Å². The maximum atomic E-state index is 9.32. The molecule has 0 aliphatic carbocycles. The van der Waals surface area contributed by atoms with Gasteiger partial charge in [-0.25, -0.2) is 0 Å². The van der Waals surface area contributed by atoms with E-state index in [1.165, 1.54) is 0 Å². The predicted molar refractivity (Wildman–Crippen MR) is 82.9 cm³/mol. The van der Waals surface area contributed by atoms with E-state index in [9.17, 15) is 5.11 Å². The van der Waals surface area contributed by atoms with Gasteiger partial charge in [0.25, 0.3) is 0 Å². The van der Waals surface area contributed by atoms with Crippen molar-refractivity contribution in [3.8, 4) is 5.75 Å². The number of rotatable bonds is 5. The monoisotopic (exact) mass is 376 g/mol. The van der Waals surface area contributed by atoms with Gasteiger partial charge in [-0.15, -0.1) is 0 Å². The minimum atomic E-state index is 0.0834. The van der Waals surface area contributed by atoms with Crippen LogP contribution in [-0.4, -0.2) is 18.3 Å². The summed E-state index contributed by atoms with van der Waals surface area (Å²) in [6.07, 6.45) is 2.01. The van der Waals surface area contributed by atoms with E-state index in [4.69, 9.17) is 4.74 Å². The fourth-order valence-corrected chi connectivity index (χ4v) is 3.00. The summed E-state index contributed by atoms with van der Waals surface area (Å²) >= 11 is 7.00. The molecule has 100 valence electrons. The van der Waals surface area contributed by atoms with Gasteiger partial charge in [-0.2, -0.15) is 0 Å². The van der Waals surface area contributed by atoms with E-state index in [1.807, 2.05) is 25.1 Å². The van der Waals surface area contributed by atoms with Crippen LogP contribution in [0.15, 0.2) is 26.7 Å². The SMILES string of the molecule is CCOc1c(Br)cc(C=C(CO)C(C)C)cc1Br. The van der Waals surface area contributed by atoms with E-state index >= 15 is 0 Å². The number of aliphatic hydroxyl groups excluding tert-OH is 1. The first-order chi connectivity index (χ1) is 8.49. The molecule has 0 atom stereocenters. The Kier molecular flexibility index (Phi) is 6.39. The number of hydrogen-bond acceptors (Lipinski definition) is 2. The highest BCUT2D eigenvalue weighted by molar-refractivity contribution is 9.11. The summed E-state index contributed by atoms with van der Waals surface area (Å²) < 4.78 is 7.35. The molecule has 0 radical (unpaired) electrons. The van der Waals surface area contributed by atoms with Crippen molar-refractivity contribution in [2.75, 3.05) is 13.2 Å².